The molecule has 0 bridgehead atoms. The van der Waals surface area contributed by atoms with Crippen LogP contribution < -0.4 is 20.1 Å². The van der Waals surface area contributed by atoms with Gasteiger partial charge in [-0.3, -0.25) is 0 Å². The SMILES string of the molecule is COc1ccc(OC)c(Nc2nccc(Nc3ccc(F)c(Cl)c3)n2)c1. The normalized spacial score (nSPS) is 10.3. The third-order valence-electron chi connectivity index (χ3n) is 3.50. The lowest BCUT2D eigenvalue weighted by molar-refractivity contribution is 0.405. The summed E-state index contributed by atoms with van der Waals surface area (Å²) in [5.74, 6) is 1.69. The number of halogens is 2. The van der Waals surface area contributed by atoms with E-state index in [4.69, 9.17) is 21.1 Å². The topological polar surface area (TPSA) is 68.3 Å². The van der Waals surface area contributed by atoms with Gasteiger partial charge in [0.1, 0.15) is 23.1 Å². The van der Waals surface area contributed by atoms with Crippen LogP contribution in [0.15, 0.2) is 48.7 Å². The molecule has 0 spiro atoms. The minimum absolute atomic E-state index is 0.0310. The Morgan fingerprint density at radius 2 is 1.85 bits per heavy atom. The quantitative estimate of drug-likeness (QED) is 0.647. The Balaban J connectivity index is 1.82. The summed E-state index contributed by atoms with van der Waals surface area (Å²) >= 11 is 5.79. The molecule has 0 aliphatic carbocycles. The maximum atomic E-state index is 13.3. The zero-order valence-electron chi connectivity index (χ0n) is 14.1. The largest absolute Gasteiger partial charge is 0.497 e. The van der Waals surface area contributed by atoms with Crippen molar-refractivity contribution in [3.8, 4) is 11.5 Å². The number of anilines is 4. The van der Waals surface area contributed by atoms with E-state index in [1.165, 1.54) is 12.1 Å². The van der Waals surface area contributed by atoms with Crippen molar-refractivity contribution >= 4 is 34.7 Å². The number of rotatable bonds is 6. The van der Waals surface area contributed by atoms with Crippen LogP contribution in [0, 0.1) is 5.82 Å². The van der Waals surface area contributed by atoms with Gasteiger partial charge in [0.25, 0.3) is 0 Å². The second-order valence-corrected chi connectivity index (χ2v) is 5.62. The highest BCUT2D eigenvalue weighted by atomic mass is 35.5. The Hall–Kier alpha value is -3.06. The van der Waals surface area contributed by atoms with Crippen molar-refractivity contribution in [2.24, 2.45) is 0 Å². The van der Waals surface area contributed by atoms with Crippen LogP contribution in [0.5, 0.6) is 11.5 Å². The van der Waals surface area contributed by atoms with Crippen LogP contribution in [0.3, 0.4) is 0 Å². The number of nitrogens with one attached hydrogen (secondary N) is 2. The Morgan fingerprint density at radius 3 is 2.58 bits per heavy atom. The van der Waals surface area contributed by atoms with Gasteiger partial charge in [-0.2, -0.15) is 4.98 Å². The standard InChI is InChI=1S/C18H16ClFN4O2/c1-25-12-4-6-16(26-2)15(10-12)23-18-21-8-7-17(24-18)22-11-3-5-14(20)13(19)9-11/h3-10H,1-2H3,(H2,21,22,23,24). The molecule has 134 valence electrons. The Morgan fingerprint density at radius 1 is 1.00 bits per heavy atom. The maximum Gasteiger partial charge on any atom is 0.229 e. The minimum atomic E-state index is -0.479. The van der Waals surface area contributed by atoms with Gasteiger partial charge in [-0.05, 0) is 36.4 Å². The molecule has 0 amide bonds. The Bertz CT molecular complexity index is 923. The molecule has 0 saturated carbocycles. The van der Waals surface area contributed by atoms with Gasteiger partial charge in [0.15, 0.2) is 0 Å². The minimum Gasteiger partial charge on any atom is -0.497 e. The number of ether oxygens (including phenoxy) is 2. The molecule has 0 radical (unpaired) electrons. The second-order valence-electron chi connectivity index (χ2n) is 5.21. The van der Waals surface area contributed by atoms with Crippen molar-refractivity contribution in [3.63, 3.8) is 0 Å². The van der Waals surface area contributed by atoms with Crippen molar-refractivity contribution in [1.29, 1.82) is 0 Å². The molecular weight excluding hydrogens is 359 g/mol. The lowest BCUT2D eigenvalue weighted by atomic mass is 10.2. The molecule has 6 nitrogen and oxygen atoms in total. The highest BCUT2D eigenvalue weighted by molar-refractivity contribution is 6.31. The summed E-state index contributed by atoms with van der Waals surface area (Å²) in [6, 6.07) is 11.4. The van der Waals surface area contributed by atoms with E-state index < -0.39 is 5.82 Å². The molecule has 0 fully saturated rings. The molecule has 2 N–H and O–H groups in total. The number of nitrogens with zero attached hydrogens (tertiary/aromatic N) is 2. The fourth-order valence-corrected chi connectivity index (χ4v) is 2.42. The van der Waals surface area contributed by atoms with E-state index in [0.29, 0.717) is 34.6 Å². The third kappa shape index (κ3) is 4.12. The molecule has 1 heterocycles. The van der Waals surface area contributed by atoms with Gasteiger partial charge < -0.3 is 20.1 Å². The van der Waals surface area contributed by atoms with E-state index in [-0.39, 0.29) is 5.02 Å². The highest BCUT2D eigenvalue weighted by Gasteiger charge is 2.08. The van der Waals surface area contributed by atoms with Crippen LogP contribution in [0.1, 0.15) is 0 Å². The average molecular weight is 375 g/mol. The number of aromatic nitrogens is 2. The zero-order chi connectivity index (χ0) is 18.5. The van der Waals surface area contributed by atoms with Gasteiger partial charge in [0, 0.05) is 18.0 Å². The molecular formula is C18H16ClFN4O2. The van der Waals surface area contributed by atoms with E-state index in [9.17, 15) is 4.39 Å². The van der Waals surface area contributed by atoms with Crippen molar-refractivity contribution in [1.82, 2.24) is 9.97 Å². The number of benzene rings is 2. The molecule has 0 atom stereocenters. The van der Waals surface area contributed by atoms with Gasteiger partial charge in [-0.1, -0.05) is 11.6 Å². The monoisotopic (exact) mass is 374 g/mol. The van der Waals surface area contributed by atoms with E-state index in [1.54, 1.807) is 50.7 Å². The fourth-order valence-electron chi connectivity index (χ4n) is 2.24. The van der Waals surface area contributed by atoms with E-state index in [1.807, 2.05) is 0 Å². The summed E-state index contributed by atoms with van der Waals surface area (Å²) in [4.78, 5) is 8.57. The fraction of sp³-hybridized carbons (Fsp3) is 0.111. The molecule has 1 aromatic heterocycles. The van der Waals surface area contributed by atoms with Crippen LogP contribution in [-0.4, -0.2) is 24.2 Å². The lowest BCUT2D eigenvalue weighted by Gasteiger charge is -2.12. The van der Waals surface area contributed by atoms with Gasteiger partial charge in [0.05, 0.1) is 24.9 Å². The summed E-state index contributed by atoms with van der Waals surface area (Å²) in [5.41, 5.74) is 1.27. The lowest BCUT2D eigenvalue weighted by Crippen LogP contribution is -2.02. The average Bonchev–Trinajstić information content (AvgIpc) is 2.65. The van der Waals surface area contributed by atoms with Gasteiger partial charge in [-0.15, -0.1) is 0 Å². The maximum absolute atomic E-state index is 13.3. The number of methoxy groups -OCH3 is 2. The van der Waals surface area contributed by atoms with E-state index in [0.717, 1.165) is 0 Å². The molecule has 0 saturated heterocycles. The predicted molar refractivity (Wildman–Crippen MR) is 99.6 cm³/mol. The van der Waals surface area contributed by atoms with Crippen LogP contribution >= 0.6 is 11.6 Å². The first-order chi connectivity index (χ1) is 12.6. The molecule has 0 unspecified atom stereocenters. The van der Waals surface area contributed by atoms with Crippen molar-refractivity contribution in [2.75, 3.05) is 24.9 Å². The van der Waals surface area contributed by atoms with Gasteiger partial charge in [-0.25, -0.2) is 9.37 Å². The van der Waals surface area contributed by atoms with E-state index >= 15 is 0 Å². The van der Waals surface area contributed by atoms with E-state index in [2.05, 4.69) is 20.6 Å². The van der Waals surface area contributed by atoms with Crippen molar-refractivity contribution < 1.29 is 13.9 Å². The Labute approximate surface area is 155 Å². The van der Waals surface area contributed by atoms with Crippen LogP contribution in [-0.2, 0) is 0 Å². The summed E-state index contributed by atoms with van der Waals surface area (Å²) in [6.45, 7) is 0. The van der Waals surface area contributed by atoms with Crippen LogP contribution in [0.4, 0.5) is 27.5 Å². The predicted octanol–water partition coefficient (Wildman–Crippen LogP) is 4.77. The first-order valence-electron chi connectivity index (χ1n) is 7.63. The summed E-state index contributed by atoms with van der Waals surface area (Å²) in [7, 11) is 3.16. The Kier molecular flexibility index (Phi) is 5.38. The molecule has 3 aromatic rings. The number of hydrogen-bond donors (Lipinski definition) is 2. The highest BCUT2D eigenvalue weighted by Crippen LogP contribution is 2.31. The molecule has 0 aliphatic heterocycles. The smallest absolute Gasteiger partial charge is 0.229 e. The summed E-state index contributed by atoms with van der Waals surface area (Å²) < 4.78 is 23.8. The molecule has 8 heteroatoms. The number of hydrogen-bond acceptors (Lipinski definition) is 6. The van der Waals surface area contributed by atoms with Gasteiger partial charge >= 0.3 is 0 Å². The van der Waals surface area contributed by atoms with Crippen molar-refractivity contribution in [3.05, 3.63) is 59.5 Å². The van der Waals surface area contributed by atoms with Crippen LogP contribution in [0.25, 0.3) is 0 Å². The third-order valence-corrected chi connectivity index (χ3v) is 3.79. The molecule has 2 aromatic carbocycles. The molecule has 3 rings (SSSR count). The second kappa shape index (κ2) is 7.88. The first-order valence-corrected chi connectivity index (χ1v) is 8.01. The molecule has 26 heavy (non-hydrogen) atoms. The summed E-state index contributed by atoms with van der Waals surface area (Å²) in [6.07, 6.45) is 1.59. The molecule has 0 aliphatic rings. The van der Waals surface area contributed by atoms with Crippen molar-refractivity contribution in [2.45, 2.75) is 0 Å². The van der Waals surface area contributed by atoms with Crippen LogP contribution in [0.2, 0.25) is 5.02 Å². The van der Waals surface area contributed by atoms with Gasteiger partial charge in [0.2, 0.25) is 5.95 Å². The first kappa shape index (κ1) is 17.8. The summed E-state index contributed by atoms with van der Waals surface area (Å²) in [5, 5.41) is 6.17. The zero-order valence-corrected chi connectivity index (χ0v) is 14.8.